The van der Waals surface area contributed by atoms with Gasteiger partial charge in [-0.3, -0.25) is 0 Å². The Balaban J connectivity index is 2.63. The number of hydrogen-bond donors (Lipinski definition) is 1. The van der Waals surface area contributed by atoms with Gasteiger partial charge in [0.25, 0.3) is 0 Å². The zero-order chi connectivity index (χ0) is 12.4. The Bertz CT molecular complexity index is 555. The Morgan fingerprint density at radius 3 is 2.59 bits per heavy atom. The Morgan fingerprint density at radius 2 is 1.88 bits per heavy atom. The minimum absolute atomic E-state index is 0.0868. The number of hydrogen-bond acceptors (Lipinski definition) is 1. The third-order valence-electron chi connectivity index (χ3n) is 2.48. The molecule has 1 N–H and O–H groups in total. The van der Waals surface area contributed by atoms with Crippen molar-refractivity contribution in [2.45, 2.75) is 0 Å². The highest BCUT2D eigenvalue weighted by Gasteiger charge is 2.14. The van der Waals surface area contributed by atoms with Crippen LogP contribution in [-0.2, 0) is 0 Å². The van der Waals surface area contributed by atoms with Gasteiger partial charge in [-0.05, 0) is 29.8 Å². The molecule has 0 aliphatic heterocycles. The van der Waals surface area contributed by atoms with Gasteiger partial charge in [-0.15, -0.1) is 0 Å². The highest BCUT2D eigenvalue weighted by Crippen LogP contribution is 2.33. The molecular formula is C13H10ClF2N. The van der Waals surface area contributed by atoms with Crippen LogP contribution in [0, 0.1) is 11.6 Å². The molecule has 0 spiro atoms. The molecule has 0 amide bonds. The Hall–Kier alpha value is -1.61. The molecular weight excluding hydrogens is 244 g/mol. The summed E-state index contributed by atoms with van der Waals surface area (Å²) in [5.41, 5.74) is 1.44. The van der Waals surface area contributed by atoms with Crippen molar-refractivity contribution in [1.29, 1.82) is 0 Å². The number of nitrogens with one attached hydrogen (secondary N) is 1. The number of anilines is 1. The van der Waals surface area contributed by atoms with Crippen molar-refractivity contribution in [3.8, 4) is 11.1 Å². The highest BCUT2D eigenvalue weighted by atomic mass is 35.5. The number of halogens is 3. The fourth-order valence-electron chi connectivity index (χ4n) is 1.62. The first kappa shape index (κ1) is 11.9. The van der Waals surface area contributed by atoms with E-state index >= 15 is 0 Å². The predicted octanol–water partition coefficient (Wildman–Crippen LogP) is 4.33. The van der Waals surface area contributed by atoms with Crippen molar-refractivity contribution in [3.05, 3.63) is 53.1 Å². The molecule has 0 fully saturated rings. The molecule has 88 valence electrons. The lowest BCUT2D eigenvalue weighted by Crippen LogP contribution is -1.93. The zero-order valence-electron chi connectivity index (χ0n) is 9.10. The summed E-state index contributed by atoms with van der Waals surface area (Å²) in [6, 6.07) is 9.34. The summed E-state index contributed by atoms with van der Waals surface area (Å²) in [5.74, 6) is -1.83. The summed E-state index contributed by atoms with van der Waals surface area (Å²) in [7, 11) is 1.75. The van der Waals surface area contributed by atoms with Crippen LogP contribution < -0.4 is 5.32 Å². The van der Waals surface area contributed by atoms with E-state index in [1.54, 1.807) is 25.2 Å². The van der Waals surface area contributed by atoms with Gasteiger partial charge in [0.1, 0.15) is 0 Å². The number of benzene rings is 2. The smallest absolute Gasteiger partial charge is 0.168 e. The maximum atomic E-state index is 13.7. The van der Waals surface area contributed by atoms with E-state index in [1.807, 2.05) is 6.07 Å². The van der Waals surface area contributed by atoms with Crippen molar-refractivity contribution in [2.75, 3.05) is 12.4 Å². The van der Waals surface area contributed by atoms with Gasteiger partial charge in [-0.2, -0.15) is 0 Å². The molecule has 2 rings (SSSR count). The van der Waals surface area contributed by atoms with Gasteiger partial charge in [0.15, 0.2) is 11.6 Å². The summed E-state index contributed by atoms with van der Waals surface area (Å²) >= 11 is 5.90. The molecule has 0 atom stereocenters. The lowest BCUT2D eigenvalue weighted by Gasteiger charge is -2.08. The van der Waals surface area contributed by atoms with Gasteiger partial charge >= 0.3 is 0 Å². The van der Waals surface area contributed by atoms with Crippen molar-refractivity contribution in [1.82, 2.24) is 0 Å². The van der Waals surface area contributed by atoms with Gasteiger partial charge < -0.3 is 5.32 Å². The zero-order valence-corrected chi connectivity index (χ0v) is 9.85. The van der Waals surface area contributed by atoms with E-state index in [-0.39, 0.29) is 10.6 Å². The Morgan fingerprint density at radius 1 is 1.12 bits per heavy atom. The lowest BCUT2D eigenvalue weighted by atomic mass is 10.0. The molecule has 2 aromatic rings. The average Bonchev–Trinajstić information content (AvgIpc) is 2.35. The summed E-state index contributed by atoms with van der Waals surface area (Å²) in [5, 5.41) is 3.12. The fraction of sp³-hybridized carbons (Fsp3) is 0.0769. The highest BCUT2D eigenvalue weighted by molar-refractivity contribution is 6.33. The molecule has 0 saturated carbocycles. The first-order valence-corrected chi connectivity index (χ1v) is 5.43. The first-order chi connectivity index (χ1) is 8.13. The molecule has 0 aliphatic rings. The minimum Gasteiger partial charge on any atom is -0.388 e. The van der Waals surface area contributed by atoms with E-state index in [0.29, 0.717) is 5.56 Å². The van der Waals surface area contributed by atoms with E-state index in [1.165, 1.54) is 6.07 Å². The van der Waals surface area contributed by atoms with Crippen molar-refractivity contribution >= 4 is 17.3 Å². The molecule has 2 aromatic carbocycles. The van der Waals surface area contributed by atoms with E-state index in [0.717, 1.165) is 11.8 Å². The van der Waals surface area contributed by atoms with Gasteiger partial charge in [-0.1, -0.05) is 23.7 Å². The van der Waals surface area contributed by atoms with Crippen molar-refractivity contribution in [3.63, 3.8) is 0 Å². The largest absolute Gasteiger partial charge is 0.388 e. The lowest BCUT2D eigenvalue weighted by molar-refractivity contribution is 0.511. The maximum Gasteiger partial charge on any atom is 0.168 e. The van der Waals surface area contributed by atoms with Crippen LogP contribution in [0.4, 0.5) is 14.5 Å². The van der Waals surface area contributed by atoms with Gasteiger partial charge in [0, 0.05) is 18.3 Å². The summed E-state index contributed by atoms with van der Waals surface area (Å²) in [6.45, 7) is 0. The van der Waals surface area contributed by atoms with E-state index in [9.17, 15) is 8.78 Å². The van der Waals surface area contributed by atoms with Crippen LogP contribution in [0.1, 0.15) is 0 Å². The second-order valence-electron chi connectivity index (χ2n) is 3.55. The van der Waals surface area contributed by atoms with Crippen LogP contribution in [-0.4, -0.2) is 7.05 Å². The monoisotopic (exact) mass is 253 g/mol. The fourth-order valence-corrected chi connectivity index (χ4v) is 1.88. The molecule has 1 nitrogen and oxygen atoms in total. The first-order valence-electron chi connectivity index (χ1n) is 5.05. The van der Waals surface area contributed by atoms with Gasteiger partial charge in [0.2, 0.25) is 0 Å². The Kier molecular flexibility index (Phi) is 3.29. The number of rotatable bonds is 2. The van der Waals surface area contributed by atoms with Crippen LogP contribution in [0.5, 0.6) is 0 Å². The summed E-state index contributed by atoms with van der Waals surface area (Å²) in [4.78, 5) is 0. The molecule has 0 unspecified atom stereocenters. The topological polar surface area (TPSA) is 12.0 Å². The quantitative estimate of drug-likeness (QED) is 0.786. The Labute approximate surface area is 103 Å². The third kappa shape index (κ3) is 2.24. The van der Waals surface area contributed by atoms with E-state index in [2.05, 4.69) is 5.32 Å². The van der Waals surface area contributed by atoms with Crippen molar-refractivity contribution in [2.24, 2.45) is 0 Å². The van der Waals surface area contributed by atoms with Crippen LogP contribution >= 0.6 is 11.6 Å². The maximum absolute atomic E-state index is 13.7. The van der Waals surface area contributed by atoms with E-state index in [4.69, 9.17) is 11.6 Å². The molecule has 0 saturated heterocycles. The molecule has 17 heavy (non-hydrogen) atoms. The minimum atomic E-state index is -0.925. The molecule has 0 radical (unpaired) electrons. The summed E-state index contributed by atoms with van der Waals surface area (Å²) < 4.78 is 26.9. The SMILES string of the molecule is CNc1cccc(-c2c(Cl)ccc(F)c2F)c1. The third-order valence-corrected chi connectivity index (χ3v) is 2.80. The standard InChI is InChI=1S/C13H10ClF2N/c1-17-9-4-2-3-8(7-9)12-10(14)5-6-11(15)13(12)16/h2-7,17H,1H3. The van der Waals surface area contributed by atoms with Gasteiger partial charge in [-0.25, -0.2) is 8.78 Å². The van der Waals surface area contributed by atoms with Crippen molar-refractivity contribution < 1.29 is 8.78 Å². The molecule has 0 heterocycles. The molecule has 4 heteroatoms. The van der Waals surface area contributed by atoms with Crippen LogP contribution in [0.2, 0.25) is 5.02 Å². The second-order valence-corrected chi connectivity index (χ2v) is 3.96. The van der Waals surface area contributed by atoms with Crippen LogP contribution in [0.25, 0.3) is 11.1 Å². The predicted molar refractivity (Wildman–Crippen MR) is 66.4 cm³/mol. The average molecular weight is 254 g/mol. The normalized spacial score (nSPS) is 10.4. The molecule has 0 aromatic heterocycles. The van der Waals surface area contributed by atoms with E-state index < -0.39 is 11.6 Å². The summed E-state index contributed by atoms with van der Waals surface area (Å²) in [6.07, 6.45) is 0. The molecule has 0 aliphatic carbocycles. The second kappa shape index (κ2) is 4.72. The van der Waals surface area contributed by atoms with Crippen LogP contribution in [0.15, 0.2) is 36.4 Å². The molecule has 0 bridgehead atoms. The van der Waals surface area contributed by atoms with Crippen LogP contribution in [0.3, 0.4) is 0 Å². The van der Waals surface area contributed by atoms with Gasteiger partial charge in [0.05, 0.1) is 5.02 Å².